The van der Waals surface area contributed by atoms with Crippen molar-refractivity contribution in [3.05, 3.63) is 46.1 Å². The Balaban J connectivity index is 1.96. The summed E-state index contributed by atoms with van der Waals surface area (Å²) in [5.74, 6) is 0.626. The van der Waals surface area contributed by atoms with E-state index in [2.05, 4.69) is 42.9 Å². The van der Waals surface area contributed by atoms with Gasteiger partial charge in [0.15, 0.2) is 0 Å². The Kier molecular flexibility index (Phi) is 3.44. The van der Waals surface area contributed by atoms with Crippen LogP contribution in [0.3, 0.4) is 0 Å². The van der Waals surface area contributed by atoms with Crippen molar-refractivity contribution in [3.63, 3.8) is 0 Å². The Hall–Kier alpha value is -1.24. The molecule has 0 saturated heterocycles. The minimum absolute atomic E-state index is 0.626. The first kappa shape index (κ1) is 10.3. The van der Waals surface area contributed by atoms with Gasteiger partial charge in [0.2, 0.25) is 5.95 Å². The highest BCUT2D eigenvalue weighted by atomic mass is 127. The average molecular weight is 312 g/mol. The van der Waals surface area contributed by atoms with E-state index in [1.165, 1.54) is 0 Å². The van der Waals surface area contributed by atoms with E-state index in [9.17, 15) is 0 Å². The van der Waals surface area contributed by atoms with Gasteiger partial charge in [-0.05, 0) is 34.7 Å². The minimum atomic E-state index is 0.626. The summed E-state index contributed by atoms with van der Waals surface area (Å²) in [5, 5.41) is 3.10. The van der Waals surface area contributed by atoms with Crippen LogP contribution < -0.4 is 5.32 Å². The van der Waals surface area contributed by atoms with Crippen LogP contribution in [0.4, 0.5) is 5.95 Å². The predicted octanol–water partition coefficient (Wildman–Crippen LogP) is 2.09. The van der Waals surface area contributed by atoms with Gasteiger partial charge in [-0.3, -0.25) is 4.98 Å². The summed E-state index contributed by atoms with van der Waals surface area (Å²) >= 11 is 2.17. The van der Waals surface area contributed by atoms with Gasteiger partial charge in [0.05, 0.1) is 12.2 Å². The largest absolute Gasteiger partial charge is 0.349 e. The van der Waals surface area contributed by atoms with Crippen LogP contribution in [-0.4, -0.2) is 15.0 Å². The van der Waals surface area contributed by atoms with Crippen molar-refractivity contribution in [2.24, 2.45) is 0 Å². The number of hydrogen-bond acceptors (Lipinski definition) is 4. The second-order valence-corrected chi connectivity index (χ2v) is 4.15. The van der Waals surface area contributed by atoms with Gasteiger partial charge in [0.1, 0.15) is 0 Å². The fourth-order valence-corrected chi connectivity index (χ4v) is 1.35. The molecule has 5 heteroatoms. The van der Waals surface area contributed by atoms with Crippen LogP contribution in [0.2, 0.25) is 0 Å². The van der Waals surface area contributed by atoms with Gasteiger partial charge in [-0.25, -0.2) is 9.97 Å². The summed E-state index contributed by atoms with van der Waals surface area (Å²) in [4.78, 5) is 12.5. The van der Waals surface area contributed by atoms with E-state index in [1.54, 1.807) is 18.6 Å². The number of aromatic nitrogens is 3. The van der Waals surface area contributed by atoms with Gasteiger partial charge in [-0.15, -0.1) is 0 Å². The lowest BCUT2D eigenvalue weighted by Gasteiger charge is -2.03. The third-order valence-electron chi connectivity index (χ3n) is 1.77. The first-order valence-corrected chi connectivity index (χ1v) is 5.54. The van der Waals surface area contributed by atoms with Crippen molar-refractivity contribution >= 4 is 28.5 Å². The molecule has 0 aromatic carbocycles. The molecular weight excluding hydrogens is 303 g/mol. The topological polar surface area (TPSA) is 50.7 Å². The van der Waals surface area contributed by atoms with Crippen molar-refractivity contribution in [3.8, 4) is 0 Å². The van der Waals surface area contributed by atoms with Crippen molar-refractivity contribution < 1.29 is 0 Å². The van der Waals surface area contributed by atoms with Gasteiger partial charge in [0, 0.05) is 22.2 Å². The molecule has 1 N–H and O–H groups in total. The Morgan fingerprint density at radius 3 is 2.60 bits per heavy atom. The van der Waals surface area contributed by atoms with Crippen LogP contribution in [0.1, 0.15) is 5.69 Å². The van der Waals surface area contributed by atoms with Crippen LogP contribution in [0.25, 0.3) is 0 Å². The van der Waals surface area contributed by atoms with E-state index < -0.39 is 0 Å². The van der Waals surface area contributed by atoms with Gasteiger partial charge >= 0.3 is 0 Å². The molecule has 0 aliphatic carbocycles. The first-order chi connectivity index (χ1) is 7.34. The molecule has 2 rings (SSSR count). The van der Waals surface area contributed by atoms with Crippen molar-refractivity contribution in [2.75, 3.05) is 5.32 Å². The Labute approximate surface area is 101 Å². The van der Waals surface area contributed by atoms with Crippen LogP contribution in [-0.2, 0) is 6.54 Å². The molecule has 0 aliphatic heterocycles. The molecule has 2 aromatic rings. The Bertz CT molecular complexity index is 415. The molecular formula is C10H9IN4. The summed E-state index contributed by atoms with van der Waals surface area (Å²) in [5.41, 5.74) is 0.972. The van der Waals surface area contributed by atoms with Gasteiger partial charge in [-0.1, -0.05) is 6.07 Å². The second-order valence-electron chi connectivity index (χ2n) is 2.90. The normalized spacial score (nSPS) is 9.93. The summed E-state index contributed by atoms with van der Waals surface area (Å²) in [6.45, 7) is 0.640. The smallest absolute Gasteiger partial charge is 0.222 e. The van der Waals surface area contributed by atoms with Crippen LogP contribution >= 0.6 is 22.6 Å². The molecule has 0 radical (unpaired) electrons. The van der Waals surface area contributed by atoms with Gasteiger partial charge < -0.3 is 5.32 Å². The summed E-state index contributed by atoms with van der Waals surface area (Å²) < 4.78 is 1.02. The molecule has 0 unspecified atom stereocenters. The second kappa shape index (κ2) is 5.01. The number of pyridine rings is 1. The van der Waals surface area contributed by atoms with Crippen LogP contribution in [0, 0.1) is 3.57 Å². The number of rotatable bonds is 3. The van der Waals surface area contributed by atoms with Crippen molar-refractivity contribution in [1.82, 2.24) is 15.0 Å². The van der Waals surface area contributed by atoms with E-state index in [0.717, 1.165) is 9.26 Å². The Morgan fingerprint density at radius 2 is 1.93 bits per heavy atom. The molecule has 0 aliphatic rings. The summed E-state index contributed by atoms with van der Waals surface area (Å²) in [6.07, 6.45) is 5.31. The van der Waals surface area contributed by atoms with E-state index in [4.69, 9.17) is 0 Å². The quantitative estimate of drug-likeness (QED) is 0.882. The molecule has 0 saturated carbocycles. The predicted molar refractivity (Wildman–Crippen MR) is 66.3 cm³/mol. The molecule has 0 amide bonds. The van der Waals surface area contributed by atoms with Crippen molar-refractivity contribution in [2.45, 2.75) is 6.54 Å². The van der Waals surface area contributed by atoms with Gasteiger partial charge in [-0.2, -0.15) is 0 Å². The zero-order valence-corrected chi connectivity index (χ0v) is 10.0. The molecule has 0 atom stereocenters. The van der Waals surface area contributed by atoms with E-state index in [-0.39, 0.29) is 0 Å². The third kappa shape index (κ3) is 3.12. The average Bonchev–Trinajstić information content (AvgIpc) is 2.30. The lowest BCUT2D eigenvalue weighted by molar-refractivity contribution is 0.999. The van der Waals surface area contributed by atoms with E-state index >= 15 is 0 Å². The standard InChI is InChI=1S/C10H9IN4/c11-8-5-13-10(14-6-8)15-7-9-3-1-2-4-12-9/h1-6H,7H2,(H,13,14,15). The van der Waals surface area contributed by atoms with Gasteiger partial charge in [0.25, 0.3) is 0 Å². The SMILES string of the molecule is Ic1cnc(NCc2ccccn2)nc1. The highest BCUT2D eigenvalue weighted by Gasteiger charge is 1.96. The highest BCUT2D eigenvalue weighted by molar-refractivity contribution is 14.1. The van der Waals surface area contributed by atoms with Crippen LogP contribution in [0.15, 0.2) is 36.8 Å². The molecule has 2 heterocycles. The number of nitrogens with zero attached hydrogens (tertiary/aromatic N) is 3. The number of nitrogens with one attached hydrogen (secondary N) is 1. The molecule has 15 heavy (non-hydrogen) atoms. The lowest BCUT2D eigenvalue weighted by Crippen LogP contribution is -2.04. The Morgan fingerprint density at radius 1 is 1.13 bits per heavy atom. The maximum atomic E-state index is 4.19. The van der Waals surface area contributed by atoms with E-state index in [1.807, 2.05) is 18.2 Å². The minimum Gasteiger partial charge on any atom is -0.349 e. The van der Waals surface area contributed by atoms with Crippen molar-refractivity contribution in [1.29, 1.82) is 0 Å². The maximum absolute atomic E-state index is 4.19. The summed E-state index contributed by atoms with van der Waals surface area (Å²) in [7, 11) is 0. The zero-order chi connectivity index (χ0) is 10.5. The molecule has 0 bridgehead atoms. The molecule has 0 fully saturated rings. The molecule has 0 spiro atoms. The summed E-state index contributed by atoms with van der Waals surface area (Å²) in [6, 6.07) is 5.81. The number of halogens is 1. The third-order valence-corrected chi connectivity index (χ3v) is 2.33. The van der Waals surface area contributed by atoms with E-state index in [0.29, 0.717) is 12.5 Å². The van der Waals surface area contributed by atoms with Crippen LogP contribution in [0.5, 0.6) is 0 Å². The number of anilines is 1. The lowest BCUT2D eigenvalue weighted by atomic mass is 10.3. The molecule has 76 valence electrons. The highest BCUT2D eigenvalue weighted by Crippen LogP contribution is 2.04. The number of hydrogen-bond donors (Lipinski definition) is 1. The first-order valence-electron chi connectivity index (χ1n) is 4.46. The molecule has 4 nitrogen and oxygen atoms in total. The molecule has 2 aromatic heterocycles. The maximum Gasteiger partial charge on any atom is 0.222 e. The zero-order valence-electron chi connectivity index (χ0n) is 7.89. The fraction of sp³-hybridized carbons (Fsp3) is 0.100. The monoisotopic (exact) mass is 312 g/mol. The fourth-order valence-electron chi connectivity index (χ4n) is 1.08.